The summed E-state index contributed by atoms with van der Waals surface area (Å²) >= 11 is 13.8. The van der Waals surface area contributed by atoms with E-state index < -0.39 is 0 Å². The van der Waals surface area contributed by atoms with Crippen LogP contribution in [0.2, 0.25) is 10.0 Å². The first-order valence-electron chi connectivity index (χ1n) is 6.90. The largest absolute Gasteiger partial charge is 0.255 e. The Morgan fingerprint density at radius 2 is 1.77 bits per heavy atom. The molecule has 0 bridgehead atoms. The molecular formula is C16H13Cl2N3S. The van der Waals surface area contributed by atoms with Crippen LogP contribution >= 0.6 is 35.0 Å². The standard InChI is InChI=1S/C16H13Cl2N3S/c1-2-7-22-16-15(12-5-3-4-6-19-12)20-13-8-10(17)11(18)9-14(13)21-16/h3-6,8-9H,2,7H2,1H3. The van der Waals surface area contributed by atoms with Crippen molar-refractivity contribution in [3.05, 3.63) is 46.6 Å². The molecule has 3 rings (SSSR count). The molecule has 0 aliphatic rings. The number of halogens is 2. The summed E-state index contributed by atoms with van der Waals surface area (Å²) in [6.45, 7) is 2.14. The summed E-state index contributed by atoms with van der Waals surface area (Å²) in [7, 11) is 0. The summed E-state index contributed by atoms with van der Waals surface area (Å²) in [5.74, 6) is 0.974. The van der Waals surface area contributed by atoms with Gasteiger partial charge in [-0.2, -0.15) is 0 Å². The Morgan fingerprint density at radius 3 is 2.41 bits per heavy atom. The molecule has 0 radical (unpaired) electrons. The molecule has 0 spiro atoms. The first-order valence-corrected chi connectivity index (χ1v) is 8.64. The van der Waals surface area contributed by atoms with E-state index in [0.29, 0.717) is 10.0 Å². The summed E-state index contributed by atoms with van der Waals surface area (Å²) in [6.07, 6.45) is 2.82. The quantitative estimate of drug-likeness (QED) is 0.582. The maximum atomic E-state index is 6.09. The fraction of sp³-hybridized carbons (Fsp3) is 0.188. The van der Waals surface area contributed by atoms with Crippen LogP contribution in [0.15, 0.2) is 41.6 Å². The van der Waals surface area contributed by atoms with E-state index in [-0.39, 0.29) is 0 Å². The van der Waals surface area contributed by atoms with Gasteiger partial charge in [0.1, 0.15) is 10.7 Å². The van der Waals surface area contributed by atoms with Gasteiger partial charge in [0.2, 0.25) is 0 Å². The molecule has 22 heavy (non-hydrogen) atoms. The molecule has 0 unspecified atom stereocenters. The summed E-state index contributed by atoms with van der Waals surface area (Å²) in [5, 5.41) is 1.83. The smallest absolute Gasteiger partial charge is 0.125 e. The highest BCUT2D eigenvalue weighted by Gasteiger charge is 2.13. The Morgan fingerprint density at radius 1 is 1.05 bits per heavy atom. The number of hydrogen-bond acceptors (Lipinski definition) is 4. The molecule has 0 saturated carbocycles. The lowest BCUT2D eigenvalue weighted by Gasteiger charge is -2.09. The number of aromatic nitrogens is 3. The van der Waals surface area contributed by atoms with Gasteiger partial charge < -0.3 is 0 Å². The Hall–Kier alpha value is -1.36. The maximum Gasteiger partial charge on any atom is 0.125 e. The molecule has 0 amide bonds. The number of thioether (sulfide) groups is 1. The normalized spacial score (nSPS) is 11.0. The fourth-order valence-corrected chi connectivity index (χ4v) is 3.17. The molecule has 1 aromatic carbocycles. The monoisotopic (exact) mass is 349 g/mol. The zero-order valence-corrected chi connectivity index (χ0v) is 14.2. The zero-order chi connectivity index (χ0) is 15.5. The minimum atomic E-state index is 0.476. The lowest BCUT2D eigenvalue weighted by Crippen LogP contribution is -1.96. The third kappa shape index (κ3) is 3.19. The molecular weight excluding hydrogens is 337 g/mol. The van der Waals surface area contributed by atoms with E-state index in [1.807, 2.05) is 18.2 Å². The topological polar surface area (TPSA) is 38.7 Å². The maximum absolute atomic E-state index is 6.09. The second kappa shape index (κ2) is 6.82. The van der Waals surface area contributed by atoms with Gasteiger partial charge in [-0.1, -0.05) is 36.2 Å². The minimum Gasteiger partial charge on any atom is -0.255 e. The van der Waals surface area contributed by atoms with Gasteiger partial charge >= 0.3 is 0 Å². The minimum absolute atomic E-state index is 0.476. The van der Waals surface area contributed by atoms with Crippen LogP contribution in [0.4, 0.5) is 0 Å². The van der Waals surface area contributed by atoms with E-state index in [4.69, 9.17) is 33.2 Å². The van der Waals surface area contributed by atoms with E-state index in [2.05, 4.69) is 11.9 Å². The van der Waals surface area contributed by atoms with Gasteiger partial charge in [0.15, 0.2) is 0 Å². The number of hydrogen-bond donors (Lipinski definition) is 0. The Labute approximate surface area is 143 Å². The summed E-state index contributed by atoms with van der Waals surface area (Å²) in [5.41, 5.74) is 3.05. The van der Waals surface area contributed by atoms with Gasteiger partial charge in [0.05, 0.1) is 26.8 Å². The van der Waals surface area contributed by atoms with Crippen molar-refractivity contribution in [1.82, 2.24) is 15.0 Å². The Bertz CT molecular complexity index is 809. The molecule has 0 aliphatic carbocycles. The van der Waals surface area contributed by atoms with Crippen molar-refractivity contribution >= 4 is 46.0 Å². The number of pyridine rings is 1. The second-order valence-corrected chi connectivity index (χ2v) is 6.59. The predicted octanol–water partition coefficient (Wildman–Crippen LogP) is 5.50. The molecule has 0 N–H and O–H groups in total. The van der Waals surface area contributed by atoms with Crippen LogP contribution in [-0.2, 0) is 0 Å². The lowest BCUT2D eigenvalue weighted by molar-refractivity contribution is 1.07. The molecule has 2 heterocycles. The first-order chi connectivity index (χ1) is 10.7. The molecule has 6 heteroatoms. The van der Waals surface area contributed by atoms with Crippen molar-refractivity contribution in [2.75, 3.05) is 5.75 Å². The highest BCUT2D eigenvalue weighted by Crippen LogP contribution is 2.32. The van der Waals surface area contributed by atoms with Gasteiger partial charge in [-0.15, -0.1) is 11.8 Å². The average Bonchev–Trinajstić information content (AvgIpc) is 2.54. The summed E-state index contributed by atoms with van der Waals surface area (Å²) in [6, 6.07) is 9.26. The van der Waals surface area contributed by atoms with Crippen LogP contribution in [0, 0.1) is 0 Å². The van der Waals surface area contributed by atoms with E-state index in [9.17, 15) is 0 Å². The molecule has 0 atom stereocenters. The second-order valence-electron chi connectivity index (χ2n) is 4.70. The van der Waals surface area contributed by atoms with Gasteiger partial charge in [-0.25, -0.2) is 9.97 Å². The highest BCUT2D eigenvalue weighted by molar-refractivity contribution is 7.99. The third-order valence-electron chi connectivity index (χ3n) is 3.02. The Balaban J connectivity index is 2.21. The van der Waals surface area contributed by atoms with Gasteiger partial charge in [0.25, 0.3) is 0 Å². The average molecular weight is 350 g/mol. The number of benzene rings is 1. The SMILES string of the molecule is CCCSc1nc2cc(Cl)c(Cl)cc2nc1-c1ccccn1. The molecule has 2 aromatic heterocycles. The van der Waals surface area contributed by atoms with Crippen LogP contribution in [0.5, 0.6) is 0 Å². The lowest BCUT2D eigenvalue weighted by atomic mass is 10.2. The molecule has 112 valence electrons. The van der Waals surface area contributed by atoms with Gasteiger partial charge in [-0.3, -0.25) is 4.98 Å². The fourth-order valence-electron chi connectivity index (χ4n) is 2.00. The number of fused-ring (bicyclic) bond motifs is 1. The number of rotatable bonds is 4. The van der Waals surface area contributed by atoms with Crippen LogP contribution < -0.4 is 0 Å². The molecule has 0 aliphatic heterocycles. The van der Waals surface area contributed by atoms with Crippen molar-refractivity contribution < 1.29 is 0 Å². The molecule has 0 saturated heterocycles. The summed E-state index contributed by atoms with van der Waals surface area (Å²) in [4.78, 5) is 13.8. The molecule has 3 aromatic rings. The van der Waals surface area contributed by atoms with Gasteiger partial charge in [0, 0.05) is 6.20 Å². The molecule has 3 nitrogen and oxygen atoms in total. The van der Waals surface area contributed by atoms with E-state index in [1.54, 1.807) is 30.1 Å². The summed E-state index contributed by atoms with van der Waals surface area (Å²) < 4.78 is 0. The van der Waals surface area contributed by atoms with Crippen LogP contribution in [0.3, 0.4) is 0 Å². The predicted molar refractivity (Wildman–Crippen MR) is 93.8 cm³/mol. The van der Waals surface area contributed by atoms with Crippen LogP contribution in [0.25, 0.3) is 22.4 Å². The van der Waals surface area contributed by atoms with Crippen LogP contribution in [-0.4, -0.2) is 20.7 Å². The Kier molecular flexibility index (Phi) is 4.81. The van der Waals surface area contributed by atoms with Crippen molar-refractivity contribution in [2.45, 2.75) is 18.4 Å². The number of nitrogens with zero attached hydrogens (tertiary/aromatic N) is 3. The zero-order valence-electron chi connectivity index (χ0n) is 11.9. The first kappa shape index (κ1) is 15.5. The third-order valence-corrected chi connectivity index (χ3v) is 4.92. The van der Waals surface area contributed by atoms with E-state index >= 15 is 0 Å². The van der Waals surface area contributed by atoms with Crippen molar-refractivity contribution in [3.63, 3.8) is 0 Å². The van der Waals surface area contributed by atoms with Crippen molar-refractivity contribution in [2.24, 2.45) is 0 Å². The van der Waals surface area contributed by atoms with Crippen molar-refractivity contribution in [3.8, 4) is 11.4 Å². The van der Waals surface area contributed by atoms with Gasteiger partial charge in [-0.05, 0) is 36.4 Å². The highest BCUT2D eigenvalue weighted by atomic mass is 35.5. The van der Waals surface area contributed by atoms with E-state index in [1.165, 1.54) is 0 Å². The van der Waals surface area contributed by atoms with Crippen molar-refractivity contribution in [1.29, 1.82) is 0 Å². The molecule has 0 fully saturated rings. The van der Waals surface area contributed by atoms with Crippen LogP contribution in [0.1, 0.15) is 13.3 Å². The van der Waals surface area contributed by atoms with E-state index in [0.717, 1.165) is 39.6 Å².